The van der Waals surface area contributed by atoms with Crippen LogP contribution in [0.25, 0.3) is 0 Å². The summed E-state index contributed by atoms with van der Waals surface area (Å²) in [6.45, 7) is 0. The van der Waals surface area contributed by atoms with Gasteiger partial charge >= 0.3 is 0 Å². The Morgan fingerprint density at radius 2 is 1.77 bits per heavy atom. The highest BCUT2D eigenvalue weighted by atomic mass is 35.5. The van der Waals surface area contributed by atoms with Crippen LogP contribution in [0.4, 0.5) is 11.4 Å². The standard InChI is InChI=1S/C16H11Cl2N3O4S/c17-13-5-2-6-14(18)15(13)20-9-10(8-19)16(22)21-11-3-1-4-12(7-11)26(23,24)25/h1-7,9,20H,(H,21,22)(H,23,24,25)/b10-9-. The number of amides is 1. The van der Waals surface area contributed by atoms with Gasteiger partial charge in [-0.3, -0.25) is 9.35 Å². The molecule has 0 aliphatic carbocycles. The average molecular weight is 412 g/mol. The van der Waals surface area contributed by atoms with Gasteiger partial charge in [-0.15, -0.1) is 0 Å². The molecule has 0 aromatic heterocycles. The highest BCUT2D eigenvalue weighted by Gasteiger charge is 2.13. The third-order valence-corrected chi connectivity index (χ3v) is 4.56. The minimum absolute atomic E-state index is 0.0852. The average Bonchev–Trinajstić information content (AvgIpc) is 2.57. The summed E-state index contributed by atoms with van der Waals surface area (Å²) < 4.78 is 31.3. The summed E-state index contributed by atoms with van der Waals surface area (Å²) >= 11 is 12.0. The second kappa shape index (κ2) is 8.21. The molecule has 0 radical (unpaired) electrons. The van der Waals surface area contributed by atoms with Crippen molar-refractivity contribution in [2.24, 2.45) is 0 Å². The molecule has 7 nitrogen and oxygen atoms in total. The molecule has 0 fully saturated rings. The van der Waals surface area contributed by atoms with Crippen LogP contribution in [0.5, 0.6) is 0 Å². The number of hydrogen-bond donors (Lipinski definition) is 3. The zero-order valence-corrected chi connectivity index (χ0v) is 15.2. The molecule has 1 amide bonds. The molecule has 0 heterocycles. The molecular weight excluding hydrogens is 401 g/mol. The minimum atomic E-state index is -4.42. The van der Waals surface area contributed by atoms with E-state index in [0.717, 1.165) is 18.3 Å². The monoisotopic (exact) mass is 411 g/mol. The van der Waals surface area contributed by atoms with Gasteiger partial charge in [0.2, 0.25) is 0 Å². The maximum absolute atomic E-state index is 12.2. The van der Waals surface area contributed by atoms with E-state index in [1.54, 1.807) is 24.3 Å². The molecule has 0 unspecified atom stereocenters. The smallest absolute Gasteiger partial charge is 0.294 e. The predicted octanol–water partition coefficient (Wildman–Crippen LogP) is 3.70. The number of nitriles is 1. The van der Waals surface area contributed by atoms with Gasteiger partial charge in [0.05, 0.1) is 20.6 Å². The van der Waals surface area contributed by atoms with Gasteiger partial charge in [0.25, 0.3) is 16.0 Å². The molecule has 0 saturated heterocycles. The quantitative estimate of drug-likeness (QED) is 0.391. The van der Waals surface area contributed by atoms with E-state index in [0.29, 0.717) is 15.7 Å². The lowest BCUT2D eigenvalue weighted by molar-refractivity contribution is -0.112. The predicted molar refractivity (Wildman–Crippen MR) is 98.7 cm³/mol. The van der Waals surface area contributed by atoms with Gasteiger partial charge in [-0.1, -0.05) is 35.3 Å². The fraction of sp³-hybridized carbons (Fsp3) is 0. The van der Waals surface area contributed by atoms with Crippen molar-refractivity contribution >= 4 is 50.6 Å². The number of nitrogens with one attached hydrogen (secondary N) is 2. The van der Waals surface area contributed by atoms with Crippen LogP contribution in [0.3, 0.4) is 0 Å². The Kier molecular flexibility index (Phi) is 6.23. The zero-order chi connectivity index (χ0) is 19.3. The number of halogens is 2. The highest BCUT2D eigenvalue weighted by Crippen LogP contribution is 2.29. The second-order valence-corrected chi connectivity index (χ2v) is 7.10. The summed E-state index contributed by atoms with van der Waals surface area (Å²) in [5, 5.41) is 14.8. The SMILES string of the molecule is N#C/C(=C/Nc1c(Cl)cccc1Cl)C(=O)Nc1cccc(S(=O)(=O)O)c1. The maximum Gasteiger partial charge on any atom is 0.294 e. The maximum atomic E-state index is 12.2. The summed E-state index contributed by atoms with van der Waals surface area (Å²) in [6.07, 6.45) is 1.12. The normalized spacial score (nSPS) is 11.5. The number of hydrogen-bond acceptors (Lipinski definition) is 5. The molecule has 0 atom stereocenters. The molecule has 0 saturated carbocycles. The number of rotatable bonds is 5. The van der Waals surface area contributed by atoms with Crippen molar-refractivity contribution in [1.29, 1.82) is 5.26 Å². The molecule has 26 heavy (non-hydrogen) atoms. The van der Waals surface area contributed by atoms with Crippen molar-refractivity contribution < 1.29 is 17.8 Å². The van der Waals surface area contributed by atoms with Gasteiger partial charge < -0.3 is 10.6 Å². The molecule has 10 heteroatoms. The van der Waals surface area contributed by atoms with Crippen molar-refractivity contribution in [3.8, 4) is 6.07 Å². The van der Waals surface area contributed by atoms with E-state index in [2.05, 4.69) is 10.6 Å². The van der Waals surface area contributed by atoms with Crippen LogP contribution in [0, 0.1) is 11.3 Å². The summed E-state index contributed by atoms with van der Waals surface area (Å²) in [5.41, 5.74) is 0.102. The van der Waals surface area contributed by atoms with Crippen LogP contribution in [0.2, 0.25) is 10.0 Å². The minimum Gasteiger partial charge on any atom is -0.358 e. The lowest BCUT2D eigenvalue weighted by Gasteiger charge is -2.08. The van der Waals surface area contributed by atoms with Crippen LogP contribution in [0.15, 0.2) is 59.1 Å². The van der Waals surface area contributed by atoms with Crippen molar-refractivity contribution in [3.05, 3.63) is 64.3 Å². The molecule has 3 N–H and O–H groups in total. The molecule has 2 aromatic carbocycles. The van der Waals surface area contributed by atoms with E-state index in [9.17, 15) is 13.2 Å². The Morgan fingerprint density at radius 3 is 2.35 bits per heavy atom. The number of anilines is 2. The molecule has 2 rings (SSSR count). The van der Waals surface area contributed by atoms with E-state index in [1.165, 1.54) is 12.1 Å². The fourth-order valence-electron chi connectivity index (χ4n) is 1.86. The molecule has 134 valence electrons. The molecular formula is C16H11Cl2N3O4S. The molecule has 0 aliphatic heterocycles. The van der Waals surface area contributed by atoms with Crippen LogP contribution in [0.1, 0.15) is 0 Å². The summed E-state index contributed by atoms with van der Waals surface area (Å²) in [7, 11) is -4.42. The molecule has 0 bridgehead atoms. The van der Waals surface area contributed by atoms with Crippen LogP contribution in [-0.2, 0) is 14.9 Å². The lowest BCUT2D eigenvalue weighted by atomic mass is 10.2. The Hall–Kier alpha value is -2.57. The first-order chi connectivity index (χ1) is 12.2. The number of carbonyl (C=O) groups is 1. The van der Waals surface area contributed by atoms with Gasteiger partial charge in [0, 0.05) is 11.9 Å². The van der Waals surface area contributed by atoms with Crippen LogP contribution < -0.4 is 10.6 Å². The van der Waals surface area contributed by atoms with Gasteiger partial charge in [0.15, 0.2) is 0 Å². The lowest BCUT2D eigenvalue weighted by Crippen LogP contribution is -2.15. The first-order valence-corrected chi connectivity index (χ1v) is 9.11. The zero-order valence-electron chi connectivity index (χ0n) is 12.9. The Labute approximate surface area is 159 Å². The van der Waals surface area contributed by atoms with Crippen molar-refractivity contribution in [2.75, 3.05) is 10.6 Å². The number of carbonyl (C=O) groups excluding carboxylic acids is 1. The van der Waals surface area contributed by atoms with Crippen LogP contribution >= 0.6 is 23.2 Å². The van der Waals surface area contributed by atoms with Gasteiger partial charge in [-0.05, 0) is 30.3 Å². The number of benzene rings is 2. The summed E-state index contributed by atoms with van der Waals surface area (Å²) in [5.74, 6) is -0.796. The van der Waals surface area contributed by atoms with Gasteiger partial charge in [-0.25, -0.2) is 0 Å². The fourth-order valence-corrected chi connectivity index (χ4v) is 2.89. The topological polar surface area (TPSA) is 119 Å². The first kappa shape index (κ1) is 19.8. The Morgan fingerprint density at radius 1 is 1.15 bits per heavy atom. The second-order valence-electron chi connectivity index (χ2n) is 4.87. The third kappa shape index (κ3) is 4.97. The molecule has 0 aliphatic rings. The van der Waals surface area contributed by atoms with E-state index in [-0.39, 0.29) is 11.3 Å². The van der Waals surface area contributed by atoms with Crippen molar-refractivity contribution in [3.63, 3.8) is 0 Å². The Balaban J connectivity index is 2.21. The van der Waals surface area contributed by atoms with Gasteiger partial charge in [-0.2, -0.15) is 13.7 Å². The highest BCUT2D eigenvalue weighted by molar-refractivity contribution is 7.85. The van der Waals surface area contributed by atoms with E-state index in [1.807, 2.05) is 0 Å². The molecule has 2 aromatic rings. The molecule has 0 spiro atoms. The van der Waals surface area contributed by atoms with Crippen LogP contribution in [-0.4, -0.2) is 18.9 Å². The summed E-state index contributed by atoms with van der Waals surface area (Å²) in [6, 6.07) is 11.5. The Bertz CT molecular complexity index is 1010. The summed E-state index contributed by atoms with van der Waals surface area (Å²) in [4.78, 5) is 11.8. The van der Waals surface area contributed by atoms with E-state index >= 15 is 0 Å². The number of para-hydroxylation sites is 1. The number of nitrogens with zero attached hydrogens (tertiary/aromatic N) is 1. The largest absolute Gasteiger partial charge is 0.358 e. The van der Waals surface area contributed by atoms with Crippen molar-refractivity contribution in [2.45, 2.75) is 4.90 Å². The third-order valence-electron chi connectivity index (χ3n) is 3.08. The van der Waals surface area contributed by atoms with E-state index in [4.69, 9.17) is 33.0 Å². The first-order valence-electron chi connectivity index (χ1n) is 6.92. The van der Waals surface area contributed by atoms with E-state index < -0.39 is 20.9 Å². The van der Waals surface area contributed by atoms with Gasteiger partial charge in [0.1, 0.15) is 11.6 Å². The van der Waals surface area contributed by atoms with Crippen molar-refractivity contribution in [1.82, 2.24) is 0 Å².